The Morgan fingerprint density at radius 1 is 1.27 bits per heavy atom. The van der Waals surface area contributed by atoms with Crippen LogP contribution >= 0.6 is 0 Å². The fraction of sp³-hybridized carbons (Fsp3) is 0.222. The molecular formula is C9H13N3O2S. The molecule has 15 heavy (non-hydrogen) atoms. The minimum Gasteiger partial charge on any atom is -0.369 e. The largest absolute Gasteiger partial charge is 0.369 e. The second-order valence-electron chi connectivity index (χ2n) is 3.26. The van der Waals surface area contributed by atoms with Gasteiger partial charge in [0.05, 0.1) is 4.90 Å². The molecule has 0 saturated carbocycles. The number of aryl methyl sites for hydroxylation is 2. The fourth-order valence-electron chi connectivity index (χ4n) is 1.28. The van der Waals surface area contributed by atoms with Crippen LogP contribution in [0.2, 0.25) is 0 Å². The molecule has 0 radical (unpaired) electrons. The average molecular weight is 227 g/mol. The summed E-state index contributed by atoms with van der Waals surface area (Å²) in [5.41, 5.74) is 11.7. The van der Waals surface area contributed by atoms with Crippen LogP contribution in [0.1, 0.15) is 11.1 Å². The Morgan fingerprint density at radius 3 is 2.33 bits per heavy atom. The maximum atomic E-state index is 11.6. The molecule has 0 bridgehead atoms. The number of sulfonamides is 1. The van der Waals surface area contributed by atoms with Crippen molar-refractivity contribution in [2.75, 3.05) is 0 Å². The summed E-state index contributed by atoms with van der Waals surface area (Å²) >= 11 is 0. The summed E-state index contributed by atoms with van der Waals surface area (Å²) in [4.78, 5) is 0.126. The first-order chi connectivity index (χ1) is 6.83. The van der Waals surface area contributed by atoms with Crippen LogP contribution in [-0.2, 0) is 10.0 Å². The molecule has 1 rings (SSSR count). The highest BCUT2D eigenvalue weighted by molar-refractivity contribution is 7.90. The Bertz CT molecular complexity index is 502. The van der Waals surface area contributed by atoms with Gasteiger partial charge in [-0.2, -0.15) is 8.42 Å². The van der Waals surface area contributed by atoms with Gasteiger partial charge >= 0.3 is 0 Å². The molecule has 0 aliphatic heterocycles. The highest BCUT2D eigenvalue weighted by Crippen LogP contribution is 2.18. The predicted molar refractivity (Wildman–Crippen MR) is 58.9 cm³/mol. The minimum atomic E-state index is -3.77. The van der Waals surface area contributed by atoms with Crippen LogP contribution in [0.15, 0.2) is 27.5 Å². The van der Waals surface area contributed by atoms with Gasteiger partial charge in [0.1, 0.15) is 0 Å². The third-order valence-electron chi connectivity index (χ3n) is 1.83. The van der Waals surface area contributed by atoms with E-state index >= 15 is 0 Å². The second kappa shape index (κ2) is 3.90. The predicted octanol–water partition coefficient (Wildman–Crippen LogP) is 0.266. The van der Waals surface area contributed by atoms with Crippen molar-refractivity contribution in [1.82, 2.24) is 0 Å². The van der Waals surface area contributed by atoms with Gasteiger partial charge in [-0.3, -0.25) is 0 Å². The second-order valence-corrected chi connectivity index (χ2v) is 4.83. The lowest BCUT2D eigenvalue weighted by Gasteiger charge is -2.04. The maximum absolute atomic E-state index is 11.6. The lowest BCUT2D eigenvalue weighted by Crippen LogP contribution is -2.24. The SMILES string of the molecule is Cc1ccc(S(=O)(=O)N=C(N)N)c(C)c1. The molecule has 0 fully saturated rings. The molecule has 0 aliphatic carbocycles. The van der Waals surface area contributed by atoms with Crippen molar-refractivity contribution < 1.29 is 8.42 Å². The third kappa shape index (κ3) is 2.69. The molecule has 0 aromatic heterocycles. The van der Waals surface area contributed by atoms with Gasteiger partial charge in [0, 0.05) is 0 Å². The molecule has 1 aromatic carbocycles. The molecule has 0 atom stereocenters. The van der Waals surface area contributed by atoms with Gasteiger partial charge < -0.3 is 11.5 Å². The van der Waals surface area contributed by atoms with E-state index in [9.17, 15) is 8.42 Å². The van der Waals surface area contributed by atoms with Gasteiger partial charge in [-0.05, 0) is 25.5 Å². The number of guanidine groups is 1. The Hall–Kier alpha value is -1.56. The number of benzene rings is 1. The van der Waals surface area contributed by atoms with E-state index in [1.807, 2.05) is 6.92 Å². The zero-order valence-electron chi connectivity index (χ0n) is 8.56. The first-order valence-corrected chi connectivity index (χ1v) is 5.70. The van der Waals surface area contributed by atoms with E-state index in [-0.39, 0.29) is 4.90 Å². The molecule has 6 heteroatoms. The number of hydrogen-bond acceptors (Lipinski definition) is 2. The maximum Gasteiger partial charge on any atom is 0.285 e. The topological polar surface area (TPSA) is 98.5 Å². The normalized spacial score (nSPS) is 11.1. The van der Waals surface area contributed by atoms with E-state index in [4.69, 9.17) is 11.5 Å². The standard InChI is InChI=1S/C9H13N3O2S/c1-6-3-4-8(7(2)5-6)15(13,14)12-9(10)11/h3-5H,1-2H3,(H4,10,11,12). The molecule has 0 unspecified atom stereocenters. The summed E-state index contributed by atoms with van der Waals surface area (Å²) in [5, 5.41) is 0. The van der Waals surface area contributed by atoms with Crippen molar-refractivity contribution in [3.05, 3.63) is 29.3 Å². The van der Waals surface area contributed by atoms with E-state index in [0.29, 0.717) is 5.56 Å². The number of nitrogens with two attached hydrogens (primary N) is 2. The van der Waals surface area contributed by atoms with E-state index < -0.39 is 16.0 Å². The fourth-order valence-corrected chi connectivity index (χ4v) is 2.36. The highest BCUT2D eigenvalue weighted by Gasteiger charge is 2.15. The van der Waals surface area contributed by atoms with Crippen molar-refractivity contribution in [1.29, 1.82) is 0 Å². The van der Waals surface area contributed by atoms with Crippen molar-refractivity contribution >= 4 is 16.0 Å². The van der Waals surface area contributed by atoms with Gasteiger partial charge in [0.25, 0.3) is 10.0 Å². The summed E-state index contributed by atoms with van der Waals surface area (Å²) in [6, 6.07) is 4.95. The highest BCUT2D eigenvalue weighted by atomic mass is 32.2. The first-order valence-electron chi connectivity index (χ1n) is 4.26. The summed E-state index contributed by atoms with van der Waals surface area (Å²) in [5.74, 6) is -0.463. The van der Waals surface area contributed by atoms with E-state index in [1.165, 1.54) is 6.07 Å². The average Bonchev–Trinajstić information content (AvgIpc) is 1.99. The van der Waals surface area contributed by atoms with Crippen LogP contribution in [0, 0.1) is 13.8 Å². The number of hydrogen-bond donors (Lipinski definition) is 2. The van der Waals surface area contributed by atoms with Crippen molar-refractivity contribution in [2.24, 2.45) is 15.9 Å². The van der Waals surface area contributed by atoms with Crippen LogP contribution in [-0.4, -0.2) is 14.4 Å². The molecule has 82 valence electrons. The van der Waals surface area contributed by atoms with Gasteiger partial charge in [-0.15, -0.1) is 4.40 Å². The molecule has 0 saturated heterocycles. The van der Waals surface area contributed by atoms with E-state index in [0.717, 1.165) is 5.56 Å². The van der Waals surface area contributed by atoms with Gasteiger partial charge in [0.15, 0.2) is 0 Å². The van der Waals surface area contributed by atoms with Gasteiger partial charge in [0.2, 0.25) is 5.96 Å². The Labute approximate surface area is 88.9 Å². The molecule has 0 amide bonds. The van der Waals surface area contributed by atoms with Gasteiger partial charge in [-0.25, -0.2) is 0 Å². The summed E-state index contributed by atoms with van der Waals surface area (Å²) in [7, 11) is -3.77. The zero-order chi connectivity index (χ0) is 11.6. The summed E-state index contributed by atoms with van der Waals surface area (Å²) in [6.45, 7) is 3.58. The Morgan fingerprint density at radius 2 is 1.87 bits per heavy atom. The van der Waals surface area contributed by atoms with Gasteiger partial charge in [-0.1, -0.05) is 17.7 Å². The van der Waals surface area contributed by atoms with E-state index in [1.54, 1.807) is 19.1 Å². The van der Waals surface area contributed by atoms with Crippen molar-refractivity contribution in [3.63, 3.8) is 0 Å². The number of rotatable bonds is 2. The van der Waals surface area contributed by atoms with Crippen LogP contribution in [0.5, 0.6) is 0 Å². The van der Waals surface area contributed by atoms with Crippen molar-refractivity contribution in [3.8, 4) is 0 Å². The molecule has 0 spiro atoms. The smallest absolute Gasteiger partial charge is 0.285 e. The Kier molecular flexibility index (Phi) is 2.99. The van der Waals surface area contributed by atoms with Crippen molar-refractivity contribution in [2.45, 2.75) is 18.7 Å². The third-order valence-corrected chi connectivity index (χ3v) is 3.30. The van der Waals surface area contributed by atoms with Crippen LogP contribution in [0.4, 0.5) is 0 Å². The van der Waals surface area contributed by atoms with Crippen LogP contribution < -0.4 is 11.5 Å². The molecule has 5 nitrogen and oxygen atoms in total. The molecule has 1 aromatic rings. The van der Waals surface area contributed by atoms with Crippen LogP contribution in [0.25, 0.3) is 0 Å². The summed E-state index contributed by atoms with van der Waals surface area (Å²) in [6.07, 6.45) is 0. The molecule has 0 aliphatic rings. The lowest BCUT2D eigenvalue weighted by molar-refractivity contribution is 0.597. The molecule has 0 heterocycles. The minimum absolute atomic E-state index is 0.126. The lowest BCUT2D eigenvalue weighted by atomic mass is 10.2. The first kappa shape index (κ1) is 11.5. The summed E-state index contributed by atoms with van der Waals surface area (Å²) < 4.78 is 26.5. The van der Waals surface area contributed by atoms with Crippen LogP contribution in [0.3, 0.4) is 0 Å². The molecule has 4 N–H and O–H groups in total. The monoisotopic (exact) mass is 227 g/mol. The quantitative estimate of drug-likeness (QED) is 0.559. The molecular weight excluding hydrogens is 214 g/mol. The van der Waals surface area contributed by atoms with E-state index in [2.05, 4.69) is 4.40 Å². The zero-order valence-corrected chi connectivity index (χ0v) is 9.38. The number of nitrogens with zero attached hydrogens (tertiary/aromatic N) is 1. The Balaban J connectivity index is 3.35.